The second-order valence-corrected chi connectivity index (χ2v) is 8.54. The molecule has 0 spiro atoms. The molecule has 0 unspecified atom stereocenters. The second kappa shape index (κ2) is 6.54. The van der Waals surface area contributed by atoms with Crippen molar-refractivity contribution in [1.82, 2.24) is 24.7 Å². The number of aromatic amines is 2. The highest BCUT2D eigenvalue weighted by molar-refractivity contribution is 7.89. The van der Waals surface area contributed by atoms with Gasteiger partial charge in [0.15, 0.2) is 0 Å². The summed E-state index contributed by atoms with van der Waals surface area (Å²) >= 11 is 0. The molecule has 3 aromatic rings. The normalized spacial score (nSPS) is 13.1. The molecule has 8 bridgehead atoms. The van der Waals surface area contributed by atoms with Crippen molar-refractivity contribution in [2.75, 3.05) is 7.05 Å². The Hall–Kier alpha value is -3.49. The highest BCUT2D eigenvalue weighted by Crippen LogP contribution is 2.24. The van der Waals surface area contributed by atoms with E-state index in [1.165, 1.54) is 7.05 Å². The molecule has 0 amide bonds. The Kier molecular flexibility index (Phi) is 3.97. The molecule has 0 aliphatic carbocycles. The van der Waals surface area contributed by atoms with Crippen LogP contribution in [-0.2, 0) is 10.0 Å². The van der Waals surface area contributed by atoms with E-state index in [0.717, 1.165) is 27.9 Å². The van der Waals surface area contributed by atoms with E-state index in [2.05, 4.69) is 24.7 Å². The third-order valence-corrected chi connectivity index (χ3v) is 6.21. The zero-order chi connectivity index (χ0) is 20.0. The zero-order valence-electron chi connectivity index (χ0n) is 15.5. The summed E-state index contributed by atoms with van der Waals surface area (Å²) < 4.78 is 27.9. The Bertz CT molecular complexity index is 1460. The lowest BCUT2D eigenvalue weighted by Gasteiger charge is -2.03. The molecule has 3 aromatic heterocycles. The average Bonchev–Trinajstić information content (AvgIpc) is 3.47. The van der Waals surface area contributed by atoms with Crippen molar-refractivity contribution in [1.29, 1.82) is 0 Å². The van der Waals surface area contributed by atoms with Gasteiger partial charge in [-0.2, -0.15) is 0 Å². The first-order valence-electron chi connectivity index (χ1n) is 9.01. The lowest BCUT2D eigenvalue weighted by Crippen LogP contribution is -2.19. The summed E-state index contributed by atoms with van der Waals surface area (Å²) in [6.45, 7) is 0. The Morgan fingerprint density at radius 2 is 1.38 bits per heavy atom. The van der Waals surface area contributed by atoms with Crippen LogP contribution in [0.2, 0.25) is 0 Å². The highest BCUT2D eigenvalue weighted by Gasteiger charge is 2.20. The first kappa shape index (κ1) is 17.6. The Morgan fingerprint density at radius 3 is 2.17 bits per heavy atom. The molecule has 0 atom stereocenters. The molecule has 2 aliphatic heterocycles. The van der Waals surface area contributed by atoms with Gasteiger partial charge in [-0.1, -0.05) is 0 Å². The molecule has 7 nitrogen and oxygen atoms in total. The standard InChI is InChI=1S/C21H17N5O2S/c1-22-29(27,28)21-19-8-6-17(25-19)11-15-4-2-13(23-15)10-14-3-5-16(24-14)12-18-7-9-20(21)26-18/h2-12,22-23,25H,1H3. The lowest BCUT2D eigenvalue weighted by atomic mass is 10.3. The van der Waals surface area contributed by atoms with Crippen LogP contribution in [0.25, 0.3) is 46.4 Å². The maximum atomic E-state index is 12.8. The number of nitrogens with one attached hydrogen (secondary N) is 3. The molecule has 144 valence electrons. The van der Waals surface area contributed by atoms with Gasteiger partial charge in [0, 0.05) is 16.6 Å². The van der Waals surface area contributed by atoms with Gasteiger partial charge < -0.3 is 9.97 Å². The maximum absolute atomic E-state index is 12.8. The number of rotatable bonds is 2. The van der Waals surface area contributed by atoms with E-state index in [1.54, 1.807) is 18.2 Å². The highest BCUT2D eigenvalue weighted by atomic mass is 32.2. The molecule has 2 aliphatic rings. The van der Waals surface area contributed by atoms with E-state index in [-0.39, 0.29) is 4.90 Å². The van der Waals surface area contributed by atoms with Crippen LogP contribution in [0.3, 0.4) is 0 Å². The number of hydrogen-bond donors (Lipinski definition) is 3. The van der Waals surface area contributed by atoms with Gasteiger partial charge in [0.2, 0.25) is 10.0 Å². The fraction of sp³-hybridized carbons (Fsp3) is 0.0476. The van der Waals surface area contributed by atoms with E-state index in [4.69, 9.17) is 0 Å². The quantitative estimate of drug-likeness (QED) is 0.419. The van der Waals surface area contributed by atoms with Gasteiger partial charge in [0.25, 0.3) is 0 Å². The van der Waals surface area contributed by atoms with Crippen LogP contribution in [0.15, 0.2) is 47.4 Å². The van der Waals surface area contributed by atoms with Gasteiger partial charge in [-0.15, -0.1) is 0 Å². The van der Waals surface area contributed by atoms with Crippen LogP contribution in [-0.4, -0.2) is 35.4 Å². The Labute approximate surface area is 166 Å². The minimum Gasteiger partial charge on any atom is -0.355 e. The fourth-order valence-corrected chi connectivity index (χ4v) is 4.37. The predicted molar refractivity (Wildman–Crippen MR) is 115 cm³/mol. The number of sulfonamides is 1. The lowest BCUT2D eigenvalue weighted by molar-refractivity contribution is 0.588. The number of H-pyrrole nitrogens is 2. The van der Waals surface area contributed by atoms with E-state index in [1.807, 2.05) is 48.6 Å². The Balaban J connectivity index is 1.92. The van der Waals surface area contributed by atoms with Crippen LogP contribution in [0.1, 0.15) is 22.8 Å². The third-order valence-electron chi connectivity index (χ3n) is 4.71. The summed E-state index contributed by atoms with van der Waals surface area (Å²) in [5.41, 5.74) is 5.65. The van der Waals surface area contributed by atoms with Crippen LogP contribution < -0.4 is 4.72 Å². The van der Waals surface area contributed by atoms with E-state index in [0.29, 0.717) is 16.9 Å². The van der Waals surface area contributed by atoms with Gasteiger partial charge in [-0.25, -0.2) is 23.1 Å². The molecule has 0 fully saturated rings. The topological polar surface area (TPSA) is 104 Å². The Morgan fingerprint density at radius 1 is 0.759 bits per heavy atom. The first-order valence-corrected chi connectivity index (χ1v) is 10.5. The smallest absolute Gasteiger partial charge is 0.244 e. The van der Waals surface area contributed by atoms with Gasteiger partial charge >= 0.3 is 0 Å². The molecular formula is C21H17N5O2S. The van der Waals surface area contributed by atoms with Crippen molar-refractivity contribution >= 4 is 56.4 Å². The molecule has 5 heterocycles. The molecular weight excluding hydrogens is 386 g/mol. The molecule has 8 heteroatoms. The van der Waals surface area contributed by atoms with E-state index < -0.39 is 10.0 Å². The first-order chi connectivity index (χ1) is 14.0. The van der Waals surface area contributed by atoms with Crippen molar-refractivity contribution in [2.24, 2.45) is 0 Å². The number of hydrogen-bond acceptors (Lipinski definition) is 4. The minimum atomic E-state index is -3.74. The van der Waals surface area contributed by atoms with Crippen LogP contribution in [0.4, 0.5) is 0 Å². The molecule has 3 N–H and O–H groups in total. The van der Waals surface area contributed by atoms with E-state index >= 15 is 0 Å². The SMILES string of the molecule is CNS(=O)(=O)c1c2nc(cc3nc(cc4ccc(cc5ccc1[nH]5)[nH]4)C=C3)C=C2. The molecule has 29 heavy (non-hydrogen) atoms. The summed E-state index contributed by atoms with van der Waals surface area (Å²) in [6.07, 6.45) is 7.31. The van der Waals surface area contributed by atoms with Gasteiger partial charge in [-0.3, -0.25) is 0 Å². The largest absolute Gasteiger partial charge is 0.355 e. The fourth-order valence-electron chi connectivity index (χ4n) is 3.37. The summed E-state index contributed by atoms with van der Waals surface area (Å²) in [7, 11) is -2.36. The monoisotopic (exact) mass is 403 g/mol. The molecule has 0 saturated carbocycles. The number of nitrogens with zero attached hydrogens (tertiary/aromatic N) is 2. The summed E-state index contributed by atoms with van der Waals surface area (Å²) in [6, 6.07) is 13.2. The summed E-state index contributed by atoms with van der Waals surface area (Å²) in [4.78, 5) is 15.7. The maximum Gasteiger partial charge on any atom is 0.244 e. The second-order valence-electron chi connectivity index (χ2n) is 6.72. The predicted octanol–water partition coefficient (Wildman–Crippen LogP) is 3.56. The van der Waals surface area contributed by atoms with Crippen molar-refractivity contribution in [3.63, 3.8) is 0 Å². The summed E-state index contributed by atoms with van der Waals surface area (Å²) in [5, 5.41) is 0. The van der Waals surface area contributed by atoms with Gasteiger partial charge in [0.05, 0.1) is 28.3 Å². The molecule has 0 saturated heterocycles. The number of fused-ring (bicyclic) bond motifs is 8. The molecule has 5 rings (SSSR count). The minimum absolute atomic E-state index is 0.100. The zero-order valence-corrected chi connectivity index (χ0v) is 16.3. The molecule has 0 radical (unpaired) electrons. The van der Waals surface area contributed by atoms with Crippen LogP contribution in [0, 0.1) is 0 Å². The molecule has 0 aromatic carbocycles. The van der Waals surface area contributed by atoms with Crippen LogP contribution in [0.5, 0.6) is 0 Å². The van der Waals surface area contributed by atoms with Crippen molar-refractivity contribution < 1.29 is 8.42 Å². The average molecular weight is 403 g/mol. The van der Waals surface area contributed by atoms with E-state index in [9.17, 15) is 8.42 Å². The van der Waals surface area contributed by atoms with Crippen molar-refractivity contribution in [3.8, 4) is 0 Å². The van der Waals surface area contributed by atoms with Crippen LogP contribution >= 0.6 is 0 Å². The number of aromatic nitrogens is 4. The third kappa shape index (κ3) is 3.28. The van der Waals surface area contributed by atoms with Crippen molar-refractivity contribution in [2.45, 2.75) is 4.90 Å². The summed E-state index contributed by atoms with van der Waals surface area (Å²) in [5.74, 6) is 0. The van der Waals surface area contributed by atoms with Crippen molar-refractivity contribution in [3.05, 3.63) is 65.2 Å². The van der Waals surface area contributed by atoms with Gasteiger partial charge in [0.1, 0.15) is 4.90 Å². The van der Waals surface area contributed by atoms with Gasteiger partial charge in [-0.05, 0) is 73.8 Å².